The highest BCUT2D eigenvalue weighted by Gasteiger charge is 2.25. The summed E-state index contributed by atoms with van der Waals surface area (Å²) in [6, 6.07) is 9.41. The maximum absolute atomic E-state index is 13.4. The van der Waals surface area contributed by atoms with Crippen LogP contribution in [0, 0.1) is 5.92 Å². The predicted octanol–water partition coefficient (Wildman–Crippen LogP) is 2.68. The van der Waals surface area contributed by atoms with Crippen LogP contribution in [-0.4, -0.2) is 32.0 Å². The van der Waals surface area contributed by atoms with Crippen molar-refractivity contribution in [3.05, 3.63) is 69.1 Å². The van der Waals surface area contributed by atoms with Crippen molar-refractivity contribution in [2.45, 2.75) is 40.2 Å². The molecule has 0 saturated carbocycles. The van der Waals surface area contributed by atoms with Crippen LogP contribution in [0.5, 0.6) is 0 Å². The van der Waals surface area contributed by atoms with E-state index in [0.717, 1.165) is 12.0 Å². The molecular formula is C23H28N6O3. The van der Waals surface area contributed by atoms with Gasteiger partial charge in [-0.25, -0.2) is 14.8 Å². The van der Waals surface area contributed by atoms with E-state index in [1.165, 1.54) is 21.9 Å². The zero-order valence-corrected chi connectivity index (χ0v) is 18.5. The number of rotatable bonds is 8. The maximum Gasteiger partial charge on any atom is 0.330 e. The number of H-pyrrole nitrogens is 1. The van der Waals surface area contributed by atoms with Crippen molar-refractivity contribution in [3.8, 4) is 11.4 Å². The molecule has 0 saturated heterocycles. The number of hydrogen-bond donors (Lipinski definition) is 2. The molecule has 0 unspecified atom stereocenters. The second-order valence-corrected chi connectivity index (χ2v) is 7.97. The molecule has 1 aromatic carbocycles. The summed E-state index contributed by atoms with van der Waals surface area (Å²) >= 11 is 0. The van der Waals surface area contributed by atoms with E-state index in [2.05, 4.69) is 15.0 Å². The van der Waals surface area contributed by atoms with Gasteiger partial charge in [0, 0.05) is 31.0 Å². The molecule has 0 atom stereocenters. The van der Waals surface area contributed by atoms with Gasteiger partial charge in [-0.2, -0.15) is 0 Å². The number of carbonyl (C=O) groups is 1. The Morgan fingerprint density at radius 1 is 1.16 bits per heavy atom. The van der Waals surface area contributed by atoms with Crippen LogP contribution in [0.15, 0.2) is 52.3 Å². The Kier molecular flexibility index (Phi) is 7.19. The van der Waals surface area contributed by atoms with Crippen LogP contribution in [-0.2, 0) is 6.54 Å². The average molecular weight is 437 g/mol. The van der Waals surface area contributed by atoms with Crippen LogP contribution >= 0.6 is 0 Å². The molecule has 0 bridgehead atoms. The fraction of sp³-hybridized carbons (Fsp3) is 0.348. The Labute approximate surface area is 186 Å². The number of nitrogen functional groups attached to an aromatic ring is 1. The maximum atomic E-state index is 13.4. The average Bonchev–Trinajstić information content (AvgIpc) is 2.79. The van der Waals surface area contributed by atoms with Crippen LogP contribution in [0.25, 0.3) is 11.4 Å². The van der Waals surface area contributed by atoms with Gasteiger partial charge in [0.15, 0.2) is 11.5 Å². The molecule has 1 amide bonds. The molecule has 9 nitrogen and oxygen atoms in total. The molecular weight excluding hydrogens is 408 g/mol. The summed E-state index contributed by atoms with van der Waals surface area (Å²) in [6.45, 7) is 6.43. The third-order valence-electron chi connectivity index (χ3n) is 4.94. The number of unbranched alkanes of at least 4 members (excludes halogenated alkanes) is 1. The lowest BCUT2D eigenvalue weighted by atomic mass is 10.2. The van der Waals surface area contributed by atoms with Crippen molar-refractivity contribution in [2.75, 3.05) is 17.2 Å². The summed E-state index contributed by atoms with van der Waals surface area (Å²) in [4.78, 5) is 50.6. The van der Waals surface area contributed by atoms with E-state index in [1.54, 1.807) is 0 Å². The van der Waals surface area contributed by atoms with Crippen molar-refractivity contribution < 1.29 is 4.79 Å². The molecule has 32 heavy (non-hydrogen) atoms. The van der Waals surface area contributed by atoms with E-state index in [1.807, 2.05) is 51.1 Å². The van der Waals surface area contributed by atoms with Gasteiger partial charge >= 0.3 is 5.69 Å². The summed E-state index contributed by atoms with van der Waals surface area (Å²) < 4.78 is 1.29. The zero-order chi connectivity index (χ0) is 23.3. The summed E-state index contributed by atoms with van der Waals surface area (Å²) in [6.07, 6.45) is 4.32. The Hall–Kier alpha value is -3.75. The molecule has 9 heteroatoms. The first-order valence-corrected chi connectivity index (χ1v) is 10.6. The van der Waals surface area contributed by atoms with Crippen LogP contribution in [0.4, 0.5) is 11.5 Å². The van der Waals surface area contributed by atoms with E-state index in [0.29, 0.717) is 18.8 Å². The number of carbonyl (C=O) groups excluding carboxylic acids is 1. The molecule has 0 radical (unpaired) electrons. The standard InChI is InChI=1S/C23H28N6O3/c1-4-5-11-28(18-19(24)29(14-15(2)3)23(32)27-21(18)30)22(31)17-12-25-20(26-13-17)16-9-7-6-8-10-16/h6-10,12-13,15H,4-5,11,14,24H2,1-3H3,(H,27,30,32). The fourth-order valence-electron chi connectivity index (χ4n) is 3.35. The Bertz CT molecular complexity index is 1180. The van der Waals surface area contributed by atoms with Crippen LogP contribution in [0.1, 0.15) is 44.0 Å². The lowest BCUT2D eigenvalue weighted by Gasteiger charge is -2.24. The monoisotopic (exact) mass is 436 g/mol. The van der Waals surface area contributed by atoms with E-state index >= 15 is 0 Å². The largest absolute Gasteiger partial charge is 0.383 e. The lowest BCUT2D eigenvalue weighted by Crippen LogP contribution is -2.42. The van der Waals surface area contributed by atoms with Gasteiger partial charge in [0.25, 0.3) is 11.5 Å². The third-order valence-corrected chi connectivity index (χ3v) is 4.94. The number of aromatic nitrogens is 4. The van der Waals surface area contributed by atoms with Gasteiger partial charge in [0.2, 0.25) is 0 Å². The number of anilines is 2. The molecule has 0 aliphatic heterocycles. The highest BCUT2D eigenvalue weighted by molar-refractivity contribution is 6.06. The van der Waals surface area contributed by atoms with Crippen molar-refractivity contribution in [3.63, 3.8) is 0 Å². The van der Waals surface area contributed by atoms with Crippen molar-refractivity contribution in [2.24, 2.45) is 5.92 Å². The minimum atomic E-state index is -0.696. The summed E-state index contributed by atoms with van der Waals surface area (Å²) in [5.74, 6) is 0.126. The zero-order valence-electron chi connectivity index (χ0n) is 18.5. The molecule has 0 aliphatic rings. The minimum Gasteiger partial charge on any atom is -0.383 e. The van der Waals surface area contributed by atoms with E-state index < -0.39 is 17.2 Å². The fourth-order valence-corrected chi connectivity index (χ4v) is 3.35. The Morgan fingerprint density at radius 2 is 1.81 bits per heavy atom. The molecule has 0 spiro atoms. The van der Waals surface area contributed by atoms with Crippen molar-refractivity contribution in [1.29, 1.82) is 0 Å². The number of benzene rings is 1. The molecule has 0 fully saturated rings. The van der Waals surface area contributed by atoms with Gasteiger partial charge in [-0.1, -0.05) is 57.5 Å². The van der Waals surface area contributed by atoms with Crippen molar-refractivity contribution >= 4 is 17.4 Å². The first-order chi connectivity index (χ1) is 15.3. The number of nitrogens with one attached hydrogen (secondary N) is 1. The molecule has 2 heterocycles. The van der Waals surface area contributed by atoms with Gasteiger partial charge in [-0.05, 0) is 12.3 Å². The van der Waals surface area contributed by atoms with Gasteiger partial charge < -0.3 is 10.6 Å². The van der Waals surface area contributed by atoms with Crippen LogP contribution < -0.4 is 21.9 Å². The Balaban J connectivity index is 2.03. The summed E-state index contributed by atoms with van der Waals surface area (Å²) in [5, 5.41) is 0. The van der Waals surface area contributed by atoms with E-state index in [4.69, 9.17) is 5.73 Å². The molecule has 0 aliphatic carbocycles. The number of amides is 1. The summed E-state index contributed by atoms with van der Waals surface area (Å²) in [7, 11) is 0. The first-order valence-electron chi connectivity index (χ1n) is 10.6. The SMILES string of the molecule is CCCCN(C(=O)c1cnc(-c2ccccc2)nc1)c1c(N)n(CC(C)C)c(=O)[nH]c1=O. The Morgan fingerprint density at radius 3 is 2.41 bits per heavy atom. The molecule has 3 aromatic rings. The molecule has 2 aromatic heterocycles. The molecule has 3 N–H and O–H groups in total. The second kappa shape index (κ2) is 10.0. The first kappa shape index (κ1) is 22.9. The van der Waals surface area contributed by atoms with E-state index in [-0.39, 0.29) is 29.5 Å². The molecule has 168 valence electrons. The highest BCUT2D eigenvalue weighted by Crippen LogP contribution is 2.21. The third kappa shape index (κ3) is 4.93. The predicted molar refractivity (Wildman–Crippen MR) is 125 cm³/mol. The van der Waals surface area contributed by atoms with Crippen molar-refractivity contribution in [1.82, 2.24) is 19.5 Å². The van der Waals surface area contributed by atoms with Crippen LogP contribution in [0.2, 0.25) is 0 Å². The lowest BCUT2D eigenvalue weighted by molar-refractivity contribution is 0.0985. The topological polar surface area (TPSA) is 127 Å². The van der Waals surface area contributed by atoms with E-state index in [9.17, 15) is 14.4 Å². The van der Waals surface area contributed by atoms with Gasteiger partial charge in [0.1, 0.15) is 5.82 Å². The second-order valence-electron chi connectivity index (χ2n) is 7.97. The highest BCUT2D eigenvalue weighted by atomic mass is 16.2. The number of aromatic amines is 1. The van der Waals surface area contributed by atoms with Gasteiger partial charge in [-0.3, -0.25) is 19.1 Å². The van der Waals surface area contributed by atoms with Gasteiger partial charge in [0.05, 0.1) is 5.56 Å². The molecule has 3 rings (SSSR count). The quantitative estimate of drug-likeness (QED) is 0.559. The smallest absolute Gasteiger partial charge is 0.330 e. The number of nitrogens with two attached hydrogens (primary N) is 1. The normalized spacial score (nSPS) is 11.0. The summed E-state index contributed by atoms with van der Waals surface area (Å²) in [5.41, 5.74) is 5.97. The van der Waals surface area contributed by atoms with Gasteiger partial charge in [-0.15, -0.1) is 0 Å². The van der Waals surface area contributed by atoms with Crippen LogP contribution in [0.3, 0.4) is 0 Å². The minimum absolute atomic E-state index is 0.0290. The number of nitrogens with zero attached hydrogens (tertiary/aromatic N) is 4. The number of hydrogen-bond acceptors (Lipinski definition) is 6.